The summed E-state index contributed by atoms with van der Waals surface area (Å²) >= 11 is 0. The normalized spacial score (nSPS) is 12.8. The number of aryl methyl sites for hydroxylation is 2. The summed E-state index contributed by atoms with van der Waals surface area (Å²) in [5.41, 5.74) is 11.3. The van der Waals surface area contributed by atoms with Crippen molar-refractivity contribution in [3.63, 3.8) is 0 Å². The first-order chi connectivity index (χ1) is 9.63. The van der Waals surface area contributed by atoms with E-state index in [9.17, 15) is 0 Å². The van der Waals surface area contributed by atoms with E-state index in [0.29, 0.717) is 0 Å². The van der Waals surface area contributed by atoms with E-state index in [-0.39, 0.29) is 6.04 Å². The summed E-state index contributed by atoms with van der Waals surface area (Å²) < 4.78 is 1.88. The van der Waals surface area contributed by atoms with Crippen molar-refractivity contribution in [2.75, 3.05) is 0 Å². The summed E-state index contributed by atoms with van der Waals surface area (Å²) in [6.07, 6.45) is 4.14. The van der Waals surface area contributed by atoms with Crippen LogP contribution in [0.15, 0.2) is 36.7 Å². The van der Waals surface area contributed by atoms with E-state index >= 15 is 0 Å². The van der Waals surface area contributed by atoms with Gasteiger partial charge in [-0.15, -0.1) is 0 Å². The van der Waals surface area contributed by atoms with Crippen molar-refractivity contribution in [3.8, 4) is 0 Å². The van der Waals surface area contributed by atoms with Crippen molar-refractivity contribution in [1.29, 1.82) is 0 Å². The Kier molecular flexibility index (Phi) is 3.20. The Morgan fingerprint density at radius 2 is 1.90 bits per heavy atom. The molecule has 0 amide bonds. The molecule has 0 aliphatic carbocycles. The molecule has 3 aromatic rings. The van der Waals surface area contributed by atoms with Gasteiger partial charge in [0.2, 0.25) is 0 Å². The van der Waals surface area contributed by atoms with Gasteiger partial charge in [-0.25, -0.2) is 0 Å². The van der Waals surface area contributed by atoms with Gasteiger partial charge in [0, 0.05) is 37.6 Å². The predicted molar refractivity (Wildman–Crippen MR) is 78.1 cm³/mol. The predicted octanol–water partition coefficient (Wildman–Crippen LogP) is 1.91. The molecule has 1 unspecified atom stereocenters. The number of hydrogen-bond acceptors (Lipinski definition) is 4. The van der Waals surface area contributed by atoms with Crippen LogP contribution in [0.2, 0.25) is 0 Å². The lowest BCUT2D eigenvalue weighted by Gasteiger charge is -2.12. The van der Waals surface area contributed by atoms with Crippen LogP contribution in [-0.4, -0.2) is 19.7 Å². The number of aromatic nitrogens is 4. The van der Waals surface area contributed by atoms with Gasteiger partial charge in [0.25, 0.3) is 0 Å². The van der Waals surface area contributed by atoms with Crippen LogP contribution in [0.25, 0.3) is 11.0 Å². The number of rotatable bonds is 3. The third-order valence-corrected chi connectivity index (χ3v) is 3.45. The van der Waals surface area contributed by atoms with Gasteiger partial charge >= 0.3 is 0 Å². The second-order valence-corrected chi connectivity index (χ2v) is 5.02. The minimum Gasteiger partial charge on any atom is -0.324 e. The maximum Gasteiger partial charge on any atom is 0.0890 e. The summed E-state index contributed by atoms with van der Waals surface area (Å²) in [6.45, 7) is 1.99. The molecular formula is C15H17N5. The van der Waals surface area contributed by atoms with Crippen molar-refractivity contribution in [3.05, 3.63) is 53.6 Å². The number of hydrogen-bond donors (Lipinski definition) is 1. The van der Waals surface area contributed by atoms with Gasteiger partial charge in [-0.2, -0.15) is 5.10 Å². The standard InChI is InChI=1S/C15H17N5/c1-10-7-12(20(2)19-10)9-13(16)11-3-4-14-15(8-11)18-6-5-17-14/h3-8,13H,9,16H2,1-2H3. The van der Waals surface area contributed by atoms with Crippen LogP contribution in [0.5, 0.6) is 0 Å². The molecule has 2 heterocycles. The Morgan fingerprint density at radius 1 is 1.15 bits per heavy atom. The summed E-state index contributed by atoms with van der Waals surface area (Å²) in [6, 6.07) is 7.99. The third kappa shape index (κ3) is 2.40. The lowest BCUT2D eigenvalue weighted by Crippen LogP contribution is -2.15. The Morgan fingerprint density at radius 3 is 2.60 bits per heavy atom. The highest BCUT2D eigenvalue weighted by molar-refractivity contribution is 5.74. The molecule has 3 rings (SSSR count). The number of benzene rings is 1. The van der Waals surface area contributed by atoms with Crippen LogP contribution in [0.4, 0.5) is 0 Å². The molecule has 0 saturated heterocycles. The van der Waals surface area contributed by atoms with E-state index in [1.54, 1.807) is 12.4 Å². The van der Waals surface area contributed by atoms with Crippen LogP contribution < -0.4 is 5.73 Å². The van der Waals surface area contributed by atoms with Gasteiger partial charge in [-0.05, 0) is 30.7 Å². The highest BCUT2D eigenvalue weighted by Gasteiger charge is 2.11. The van der Waals surface area contributed by atoms with Gasteiger partial charge in [0.05, 0.1) is 16.7 Å². The van der Waals surface area contributed by atoms with Crippen molar-refractivity contribution in [2.24, 2.45) is 12.8 Å². The van der Waals surface area contributed by atoms with Crippen molar-refractivity contribution in [2.45, 2.75) is 19.4 Å². The maximum atomic E-state index is 6.31. The number of nitrogens with two attached hydrogens (primary N) is 1. The van der Waals surface area contributed by atoms with E-state index in [0.717, 1.165) is 34.4 Å². The second-order valence-electron chi connectivity index (χ2n) is 5.02. The molecule has 0 fully saturated rings. The average molecular weight is 267 g/mol. The van der Waals surface area contributed by atoms with E-state index in [1.807, 2.05) is 36.9 Å². The summed E-state index contributed by atoms with van der Waals surface area (Å²) in [5.74, 6) is 0. The number of nitrogens with zero attached hydrogens (tertiary/aromatic N) is 4. The minimum atomic E-state index is -0.0730. The average Bonchev–Trinajstić information content (AvgIpc) is 2.76. The molecule has 0 bridgehead atoms. The zero-order valence-electron chi connectivity index (χ0n) is 11.6. The summed E-state index contributed by atoms with van der Waals surface area (Å²) in [5, 5.41) is 4.35. The quantitative estimate of drug-likeness (QED) is 0.787. The summed E-state index contributed by atoms with van der Waals surface area (Å²) in [7, 11) is 1.95. The van der Waals surface area contributed by atoms with Crippen molar-refractivity contribution < 1.29 is 0 Å². The molecule has 1 aromatic carbocycles. The first-order valence-electron chi connectivity index (χ1n) is 6.59. The monoisotopic (exact) mass is 267 g/mol. The molecule has 102 valence electrons. The Balaban J connectivity index is 1.88. The van der Waals surface area contributed by atoms with E-state index in [4.69, 9.17) is 5.73 Å². The Labute approximate surface area is 117 Å². The molecule has 0 radical (unpaired) electrons. The zero-order valence-corrected chi connectivity index (χ0v) is 11.6. The molecule has 20 heavy (non-hydrogen) atoms. The minimum absolute atomic E-state index is 0.0730. The summed E-state index contributed by atoms with van der Waals surface area (Å²) in [4.78, 5) is 8.58. The van der Waals surface area contributed by atoms with Crippen LogP contribution >= 0.6 is 0 Å². The van der Waals surface area contributed by atoms with E-state index in [1.165, 1.54) is 0 Å². The first-order valence-corrected chi connectivity index (χ1v) is 6.59. The highest BCUT2D eigenvalue weighted by atomic mass is 15.3. The molecular weight excluding hydrogens is 250 g/mol. The number of fused-ring (bicyclic) bond motifs is 1. The fraction of sp³-hybridized carbons (Fsp3) is 0.267. The largest absolute Gasteiger partial charge is 0.324 e. The zero-order chi connectivity index (χ0) is 14.1. The van der Waals surface area contributed by atoms with Gasteiger partial charge in [0.1, 0.15) is 0 Å². The second kappa shape index (κ2) is 5.02. The van der Waals surface area contributed by atoms with Gasteiger partial charge in [-0.3, -0.25) is 14.6 Å². The topological polar surface area (TPSA) is 69.6 Å². The lowest BCUT2D eigenvalue weighted by atomic mass is 10.0. The van der Waals surface area contributed by atoms with Gasteiger partial charge in [-0.1, -0.05) is 6.07 Å². The molecule has 0 aliphatic heterocycles. The van der Waals surface area contributed by atoms with Gasteiger partial charge in [0.15, 0.2) is 0 Å². The molecule has 5 nitrogen and oxygen atoms in total. The lowest BCUT2D eigenvalue weighted by molar-refractivity contribution is 0.640. The van der Waals surface area contributed by atoms with Gasteiger partial charge < -0.3 is 5.73 Å². The van der Waals surface area contributed by atoms with Crippen molar-refractivity contribution in [1.82, 2.24) is 19.7 Å². The first kappa shape index (κ1) is 12.7. The Hall–Kier alpha value is -2.27. The van der Waals surface area contributed by atoms with Crippen molar-refractivity contribution >= 4 is 11.0 Å². The fourth-order valence-electron chi connectivity index (χ4n) is 2.41. The highest BCUT2D eigenvalue weighted by Crippen LogP contribution is 2.19. The molecule has 5 heteroatoms. The fourth-order valence-corrected chi connectivity index (χ4v) is 2.41. The third-order valence-electron chi connectivity index (χ3n) is 3.45. The van der Waals surface area contributed by atoms with E-state index < -0.39 is 0 Å². The SMILES string of the molecule is Cc1cc(CC(N)c2ccc3nccnc3c2)n(C)n1. The van der Waals surface area contributed by atoms with Crippen LogP contribution in [-0.2, 0) is 13.5 Å². The van der Waals surface area contributed by atoms with Crippen LogP contribution in [0.1, 0.15) is 23.0 Å². The molecule has 2 aromatic heterocycles. The smallest absolute Gasteiger partial charge is 0.0890 e. The molecule has 0 spiro atoms. The molecule has 1 atom stereocenters. The molecule has 2 N–H and O–H groups in total. The molecule has 0 saturated carbocycles. The molecule has 0 aliphatic rings. The maximum absolute atomic E-state index is 6.31. The van der Waals surface area contributed by atoms with E-state index in [2.05, 4.69) is 21.1 Å². The Bertz CT molecular complexity index is 747. The van der Waals surface area contributed by atoms with Crippen LogP contribution in [0.3, 0.4) is 0 Å². The van der Waals surface area contributed by atoms with Crippen LogP contribution in [0, 0.1) is 6.92 Å².